The Balaban J connectivity index is 1.93. The third-order valence-corrected chi connectivity index (χ3v) is 4.18. The van der Waals surface area contributed by atoms with Gasteiger partial charge in [-0.3, -0.25) is 4.90 Å². The highest BCUT2D eigenvalue weighted by molar-refractivity contribution is 4.91. The maximum atomic E-state index is 2.75. The molecule has 0 aromatic rings. The average molecular weight is 196 g/mol. The van der Waals surface area contributed by atoms with E-state index in [-0.39, 0.29) is 0 Å². The quantitative estimate of drug-likeness (QED) is 0.632. The fourth-order valence-electron chi connectivity index (χ4n) is 2.85. The predicted octanol–water partition coefficient (Wildman–Crippen LogP) is 1.96. The predicted molar refractivity (Wildman–Crippen MR) is 60.6 cm³/mol. The molecule has 0 amide bonds. The van der Waals surface area contributed by atoms with Gasteiger partial charge in [-0.2, -0.15) is 0 Å². The van der Waals surface area contributed by atoms with Crippen molar-refractivity contribution in [3.8, 4) is 0 Å². The number of hydrogen-bond acceptors (Lipinski definition) is 2. The fraction of sp³-hybridized carbons (Fsp3) is 1.00. The first-order valence-electron chi connectivity index (χ1n) is 6.14. The van der Waals surface area contributed by atoms with Gasteiger partial charge in [0.05, 0.1) is 0 Å². The molecular formula is C12H24N2. The highest BCUT2D eigenvalue weighted by atomic mass is 15.2. The molecule has 0 N–H and O–H groups in total. The minimum atomic E-state index is 0.521. The van der Waals surface area contributed by atoms with Crippen LogP contribution in [0.3, 0.4) is 0 Å². The molecule has 2 aliphatic heterocycles. The summed E-state index contributed by atoms with van der Waals surface area (Å²) < 4.78 is 0. The molecule has 2 nitrogen and oxygen atoms in total. The fourth-order valence-corrected chi connectivity index (χ4v) is 2.85. The van der Waals surface area contributed by atoms with Crippen LogP contribution in [0.25, 0.3) is 0 Å². The Hall–Kier alpha value is -0.0800. The van der Waals surface area contributed by atoms with Crippen molar-refractivity contribution in [2.75, 3.05) is 33.2 Å². The molecule has 0 radical (unpaired) electrons. The standard InChI is InChI=1S/C12H24N2/c1-12(6-10-13(2)11-7-12)14-8-4-3-5-9-14/h3-11H2,1-2H3. The van der Waals surface area contributed by atoms with E-state index in [0.29, 0.717) is 5.54 Å². The molecule has 0 aromatic carbocycles. The van der Waals surface area contributed by atoms with Crippen LogP contribution in [0.2, 0.25) is 0 Å². The first kappa shape index (κ1) is 10.4. The van der Waals surface area contributed by atoms with Gasteiger partial charge in [-0.05, 0) is 65.8 Å². The van der Waals surface area contributed by atoms with E-state index >= 15 is 0 Å². The minimum absolute atomic E-state index is 0.521. The molecule has 0 spiro atoms. The van der Waals surface area contributed by atoms with Crippen molar-refractivity contribution in [2.24, 2.45) is 0 Å². The van der Waals surface area contributed by atoms with Gasteiger partial charge >= 0.3 is 0 Å². The molecule has 0 atom stereocenters. The Labute approximate surface area is 88.3 Å². The maximum absolute atomic E-state index is 2.75. The van der Waals surface area contributed by atoms with Crippen molar-refractivity contribution in [1.82, 2.24) is 9.80 Å². The van der Waals surface area contributed by atoms with E-state index < -0.39 is 0 Å². The molecule has 2 saturated heterocycles. The Morgan fingerprint density at radius 3 is 2.00 bits per heavy atom. The normalized spacial score (nSPS) is 30.4. The molecule has 0 bridgehead atoms. The van der Waals surface area contributed by atoms with Gasteiger partial charge in [0.15, 0.2) is 0 Å². The van der Waals surface area contributed by atoms with Crippen molar-refractivity contribution in [3.05, 3.63) is 0 Å². The van der Waals surface area contributed by atoms with Crippen LogP contribution in [-0.2, 0) is 0 Å². The van der Waals surface area contributed by atoms with Crippen molar-refractivity contribution in [2.45, 2.75) is 44.6 Å². The molecular weight excluding hydrogens is 172 g/mol. The largest absolute Gasteiger partial charge is 0.306 e. The van der Waals surface area contributed by atoms with Gasteiger partial charge in [-0.25, -0.2) is 0 Å². The van der Waals surface area contributed by atoms with Crippen LogP contribution in [0, 0.1) is 0 Å². The summed E-state index contributed by atoms with van der Waals surface area (Å²) in [5.74, 6) is 0. The van der Waals surface area contributed by atoms with Crippen LogP contribution >= 0.6 is 0 Å². The van der Waals surface area contributed by atoms with Crippen molar-refractivity contribution in [3.63, 3.8) is 0 Å². The number of hydrogen-bond donors (Lipinski definition) is 0. The molecule has 2 aliphatic rings. The summed E-state index contributed by atoms with van der Waals surface area (Å²) in [4.78, 5) is 5.22. The Morgan fingerprint density at radius 1 is 0.857 bits per heavy atom. The smallest absolute Gasteiger partial charge is 0.0205 e. The van der Waals surface area contributed by atoms with E-state index in [0.717, 1.165) is 0 Å². The second-order valence-electron chi connectivity index (χ2n) is 5.35. The molecule has 2 heteroatoms. The summed E-state index contributed by atoms with van der Waals surface area (Å²) in [6, 6.07) is 0. The lowest BCUT2D eigenvalue weighted by Gasteiger charge is -2.47. The molecule has 2 heterocycles. The molecule has 2 fully saturated rings. The van der Waals surface area contributed by atoms with E-state index in [1.54, 1.807) is 0 Å². The molecule has 82 valence electrons. The van der Waals surface area contributed by atoms with Crippen LogP contribution in [0.5, 0.6) is 0 Å². The van der Waals surface area contributed by atoms with E-state index in [1.807, 2.05) is 0 Å². The van der Waals surface area contributed by atoms with Crippen molar-refractivity contribution >= 4 is 0 Å². The number of rotatable bonds is 1. The Morgan fingerprint density at radius 2 is 1.43 bits per heavy atom. The lowest BCUT2D eigenvalue weighted by atomic mass is 9.86. The van der Waals surface area contributed by atoms with Gasteiger partial charge in [0.1, 0.15) is 0 Å². The molecule has 0 unspecified atom stereocenters. The second-order valence-corrected chi connectivity index (χ2v) is 5.35. The highest BCUT2D eigenvalue weighted by Gasteiger charge is 2.34. The lowest BCUT2D eigenvalue weighted by molar-refractivity contribution is 0.0278. The van der Waals surface area contributed by atoms with Gasteiger partial charge in [-0.1, -0.05) is 6.42 Å². The zero-order valence-corrected chi connectivity index (χ0v) is 9.76. The highest BCUT2D eigenvalue weighted by Crippen LogP contribution is 2.30. The van der Waals surface area contributed by atoms with Crippen LogP contribution in [0.1, 0.15) is 39.0 Å². The summed E-state index contributed by atoms with van der Waals surface area (Å²) in [6.45, 7) is 7.74. The molecule has 0 aromatic heterocycles. The monoisotopic (exact) mass is 196 g/mol. The number of likely N-dealkylation sites (tertiary alicyclic amines) is 2. The van der Waals surface area contributed by atoms with Gasteiger partial charge in [0, 0.05) is 5.54 Å². The van der Waals surface area contributed by atoms with E-state index in [4.69, 9.17) is 0 Å². The Bertz CT molecular complexity index is 177. The topological polar surface area (TPSA) is 6.48 Å². The van der Waals surface area contributed by atoms with E-state index in [9.17, 15) is 0 Å². The minimum Gasteiger partial charge on any atom is -0.306 e. The van der Waals surface area contributed by atoms with Crippen molar-refractivity contribution < 1.29 is 0 Å². The lowest BCUT2D eigenvalue weighted by Crippen LogP contribution is -2.54. The number of piperidine rings is 2. The molecule has 0 aliphatic carbocycles. The van der Waals surface area contributed by atoms with Gasteiger partial charge in [0.25, 0.3) is 0 Å². The van der Waals surface area contributed by atoms with E-state index in [1.165, 1.54) is 58.3 Å². The van der Waals surface area contributed by atoms with Crippen LogP contribution in [0.15, 0.2) is 0 Å². The first-order chi connectivity index (χ1) is 6.71. The van der Waals surface area contributed by atoms with Crippen LogP contribution < -0.4 is 0 Å². The van der Waals surface area contributed by atoms with Crippen LogP contribution in [-0.4, -0.2) is 48.6 Å². The maximum Gasteiger partial charge on any atom is 0.0205 e. The van der Waals surface area contributed by atoms with Crippen LogP contribution in [0.4, 0.5) is 0 Å². The zero-order valence-electron chi connectivity index (χ0n) is 9.76. The van der Waals surface area contributed by atoms with Gasteiger partial charge in [-0.15, -0.1) is 0 Å². The zero-order chi connectivity index (χ0) is 10.0. The number of nitrogens with zero attached hydrogens (tertiary/aromatic N) is 2. The van der Waals surface area contributed by atoms with Gasteiger partial charge < -0.3 is 4.90 Å². The Kier molecular flexibility index (Phi) is 3.13. The molecule has 2 rings (SSSR count). The third kappa shape index (κ3) is 2.12. The second kappa shape index (κ2) is 4.19. The third-order valence-electron chi connectivity index (χ3n) is 4.18. The summed E-state index contributed by atoms with van der Waals surface area (Å²) in [7, 11) is 2.25. The van der Waals surface area contributed by atoms with Gasteiger partial charge in [0.2, 0.25) is 0 Å². The van der Waals surface area contributed by atoms with Crippen molar-refractivity contribution in [1.29, 1.82) is 0 Å². The summed E-state index contributed by atoms with van der Waals surface area (Å²) >= 11 is 0. The summed E-state index contributed by atoms with van der Waals surface area (Å²) in [5.41, 5.74) is 0.521. The SMILES string of the molecule is CN1CCC(C)(N2CCCCC2)CC1. The summed E-state index contributed by atoms with van der Waals surface area (Å²) in [6.07, 6.45) is 7.02. The average Bonchev–Trinajstić information content (AvgIpc) is 2.24. The first-order valence-corrected chi connectivity index (χ1v) is 6.14. The summed E-state index contributed by atoms with van der Waals surface area (Å²) in [5, 5.41) is 0. The molecule has 14 heavy (non-hydrogen) atoms. The molecule has 0 saturated carbocycles. The van der Waals surface area contributed by atoms with E-state index in [2.05, 4.69) is 23.8 Å².